The third-order valence-electron chi connectivity index (χ3n) is 2.37. The van der Waals surface area contributed by atoms with Crippen LogP contribution < -0.4 is 11.1 Å². The third kappa shape index (κ3) is 3.38. The molecule has 0 aliphatic heterocycles. The van der Waals surface area contributed by atoms with Gasteiger partial charge in [0.25, 0.3) is 5.91 Å². The monoisotopic (exact) mass is 301 g/mol. The van der Waals surface area contributed by atoms with E-state index in [1.165, 1.54) is 0 Å². The van der Waals surface area contributed by atoms with Crippen molar-refractivity contribution in [3.05, 3.63) is 24.0 Å². The van der Waals surface area contributed by atoms with Gasteiger partial charge in [0.1, 0.15) is 5.69 Å². The fourth-order valence-electron chi connectivity index (χ4n) is 1.03. The first-order valence-corrected chi connectivity index (χ1v) is 5.06. The minimum atomic E-state index is -5.00. The zero-order chi connectivity index (χ0) is 15.8. The molecule has 0 spiro atoms. The number of nitrogens with two attached hydrogens (primary N) is 1. The Hall–Kier alpha value is -1.84. The van der Waals surface area contributed by atoms with Crippen molar-refractivity contribution < 1.29 is 31.1 Å². The van der Waals surface area contributed by atoms with Crippen LogP contribution in [0.5, 0.6) is 0 Å². The van der Waals surface area contributed by atoms with E-state index in [1.54, 1.807) is 5.32 Å². The van der Waals surface area contributed by atoms with Gasteiger partial charge in [0.15, 0.2) is 5.54 Å². The highest BCUT2D eigenvalue weighted by Crippen LogP contribution is 2.30. The molecular weight excluding hydrogens is 292 g/mol. The number of amides is 1. The highest BCUT2D eigenvalue weighted by molar-refractivity contribution is 5.98. The smallest absolute Gasteiger partial charge is 0.323 e. The first-order valence-electron chi connectivity index (χ1n) is 5.06. The number of hydrogen-bond donors (Lipinski definition) is 2. The van der Waals surface area contributed by atoms with Crippen LogP contribution in [0.2, 0.25) is 0 Å². The van der Waals surface area contributed by atoms with Gasteiger partial charge in [0, 0.05) is 0 Å². The maximum Gasteiger partial charge on any atom is 0.433 e. The molecule has 20 heavy (non-hydrogen) atoms. The van der Waals surface area contributed by atoms with E-state index >= 15 is 0 Å². The molecule has 0 aliphatic carbocycles. The molecule has 0 fully saturated rings. The second-order valence-electron chi connectivity index (χ2n) is 4.08. The Morgan fingerprint density at radius 2 is 1.75 bits per heavy atom. The van der Waals surface area contributed by atoms with Crippen LogP contribution in [-0.4, -0.2) is 22.6 Å². The molecule has 112 valence electrons. The van der Waals surface area contributed by atoms with Gasteiger partial charge in [-0.15, -0.1) is 0 Å². The number of aromatic nitrogens is 1. The molecule has 0 bridgehead atoms. The number of halogens is 6. The predicted octanol–water partition coefficient (Wildman–Crippen LogP) is 2.32. The molecule has 0 aliphatic rings. The highest BCUT2D eigenvalue weighted by atomic mass is 19.4. The molecule has 1 aromatic rings. The molecule has 1 rings (SSSR count). The number of carbonyl (C=O) groups is 1. The van der Waals surface area contributed by atoms with Gasteiger partial charge in [0.2, 0.25) is 0 Å². The number of anilines is 1. The summed E-state index contributed by atoms with van der Waals surface area (Å²) >= 11 is 0. The molecule has 3 N–H and O–H groups in total. The van der Waals surface area contributed by atoms with Crippen molar-refractivity contribution in [1.29, 1.82) is 0 Å². The first-order chi connectivity index (χ1) is 8.85. The molecule has 0 radical (unpaired) electrons. The number of alkyl halides is 6. The molecule has 1 amide bonds. The van der Waals surface area contributed by atoms with Gasteiger partial charge in [0.05, 0.1) is 11.9 Å². The van der Waals surface area contributed by atoms with E-state index < -0.39 is 29.5 Å². The van der Waals surface area contributed by atoms with Crippen molar-refractivity contribution in [2.75, 3.05) is 5.32 Å². The van der Waals surface area contributed by atoms with Gasteiger partial charge < -0.3 is 11.1 Å². The van der Waals surface area contributed by atoms with Gasteiger partial charge >= 0.3 is 12.4 Å². The van der Waals surface area contributed by atoms with E-state index in [9.17, 15) is 31.1 Å². The van der Waals surface area contributed by atoms with Crippen LogP contribution in [0.15, 0.2) is 18.3 Å². The number of carbonyl (C=O) groups excluding carboxylic acids is 1. The molecule has 1 aromatic heterocycles. The lowest BCUT2D eigenvalue weighted by Crippen LogP contribution is -2.59. The van der Waals surface area contributed by atoms with Gasteiger partial charge in [-0.2, -0.15) is 26.3 Å². The Labute approximate surface area is 109 Å². The van der Waals surface area contributed by atoms with E-state index in [0.717, 1.165) is 6.07 Å². The van der Waals surface area contributed by atoms with Crippen molar-refractivity contribution in [3.63, 3.8) is 0 Å². The zero-order valence-electron chi connectivity index (χ0n) is 9.93. The van der Waals surface area contributed by atoms with E-state index in [2.05, 4.69) is 4.98 Å². The summed E-state index contributed by atoms with van der Waals surface area (Å²) in [5, 5.41) is 1.75. The minimum Gasteiger partial charge on any atom is -0.323 e. The fraction of sp³-hybridized carbons (Fsp3) is 0.400. The van der Waals surface area contributed by atoms with Gasteiger partial charge in [-0.05, 0) is 19.1 Å². The maximum absolute atomic E-state index is 12.5. The zero-order valence-corrected chi connectivity index (χ0v) is 9.93. The van der Waals surface area contributed by atoms with Crippen LogP contribution in [0.4, 0.5) is 32.0 Å². The summed E-state index contributed by atoms with van der Waals surface area (Å²) in [7, 11) is 0. The van der Waals surface area contributed by atoms with E-state index in [1.807, 2.05) is 0 Å². The Morgan fingerprint density at radius 3 is 2.10 bits per heavy atom. The van der Waals surface area contributed by atoms with Crippen LogP contribution in [0.1, 0.15) is 12.6 Å². The third-order valence-corrected chi connectivity index (χ3v) is 2.37. The second-order valence-corrected chi connectivity index (χ2v) is 4.08. The number of hydrogen-bond acceptors (Lipinski definition) is 3. The Bertz CT molecular complexity index is 491. The quantitative estimate of drug-likeness (QED) is 0.824. The molecule has 0 saturated carbocycles. The summed E-state index contributed by atoms with van der Waals surface area (Å²) in [5.74, 6) is -1.61. The summed E-state index contributed by atoms with van der Waals surface area (Å²) in [6.45, 7) is 0.444. The van der Waals surface area contributed by atoms with Crippen molar-refractivity contribution in [1.82, 2.24) is 4.98 Å². The molecule has 1 unspecified atom stereocenters. The van der Waals surface area contributed by atoms with Crippen molar-refractivity contribution in [2.24, 2.45) is 5.73 Å². The second kappa shape index (κ2) is 4.93. The molecule has 4 nitrogen and oxygen atoms in total. The Morgan fingerprint density at radius 1 is 1.20 bits per heavy atom. The molecule has 0 aromatic carbocycles. The normalized spacial score (nSPS) is 15.6. The topological polar surface area (TPSA) is 68.0 Å². The van der Waals surface area contributed by atoms with Crippen molar-refractivity contribution in [2.45, 2.75) is 24.8 Å². The molecule has 10 heteroatoms. The first kappa shape index (κ1) is 16.2. The average molecular weight is 301 g/mol. The molecule has 1 atom stereocenters. The largest absolute Gasteiger partial charge is 0.433 e. The Kier molecular flexibility index (Phi) is 3.99. The van der Waals surface area contributed by atoms with E-state index in [-0.39, 0.29) is 5.69 Å². The minimum absolute atomic E-state index is 0.330. The van der Waals surface area contributed by atoms with Crippen molar-refractivity contribution in [3.8, 4) is 0 Å². The lowest BCUT2D eigenvalue weighted by atomic mass is 10.0. The average Bonchev–Trinajstić information content (AvgIpc) is 2.26. The summed E-state index contributed by atoms with van der Waals surface area (Å²) in [6, 6.07) is 1.30. The standard InChI is InChI=1S/C10H9F6N3O/c1-8(17,10(14,15)16)7(20)19-5-2-3-6(18-4-5)9(11,12)13/h2-4H,17H2,1H3,(H,19,20). The summed E-state index contributed by atoms with van der Waals surface area (Å²) in [4.78, 5) is 14.3. The number of pyridine rings is 1. The maximum atomic E-state index is 12.5. The van der Waals surface area contributed by atoms with Crippen LogP contribution >= 0.6 is 0 Å². The molecular formula is C10H9F6N3O. The van der Waals surface area contributed by atoms with E-state index in [0.29, 0.717) is 19.2 Å². The summed E-state index contributed by atoms with van der Waals surface area (Å²) < 4.78 is 74.0. The Balaban J connectivity index is 2.88. The van der Waals surface area contributed by atoms with Crippen LogP contribution in [0.25, 0.3) is 0 Å². The summed E-state index contributed by atoms with van der Waals surface area (Å²) in [5.41, 5.74) is 0.112. The van der Waals surface area contributed by atoms with Crippen LogP contribution in [0, 0.1) is 0 Å². The number of nitrogens with one attached hydrogen (secondary N) is 1. The highest BCUT2D eigenvalue weighted by Gasteiger charge is 2.54. The van der Waals surface area contributed by atoms with E-state index in [4.69, 9.17) is 5.73 Å². The lowest BCUT2D eigenvalue weighted by Gasteiger charge is -2.26. The molecule has 1 heterocycles. The van der Waals surface area contributed by atoms with Gasteiger partial charge in [-0.1, -0.05) is 0 Å². The van der Waals surface area contributed by atoms with Crippen LogP contribution in [-0.2, 0) is 11.0 Å². The SMILES string of the molecule is CC(N)(C(=O)Nc1ccc(C(F)(F)F)nc1)C(F)(F)F. The number of rotatable bonds is 2. The van der Waals surface area contributed by atoms with Gasteiger partial charge in [-0.25, -0.2) is 4.98 Å². The predicted molar refractivity (Wildman–Crippen MR) is 56.5 cm³/mol. The van der Waals surface area contributed by atoms with Crippen molar-refractivity contribution >= 4 is 11.6 Å². The van der Waals surface area contributed by atoms with Gasteiger partial charge in [-0.3, -0.25) is 4.79 Å². The van der Waals surface area contributed by atoms with Crippen LogP contribution in [0.3, 0.4) is 0 Å². The summed E-state index contributed by atoms with van der Waals surface area (Å²) in [6.07, 6.45) is -9.10. The molecule has 0 saturated heterocycles. The lowest BCUT2D eigenvalue weighted by molar-refractivity contribution is -0.184. The number of nitrogens with zero attached hydrogens (tertiary/aromatic N) is 1. The fourth-order valence-corrected chi connectivity index (χ4v) is 1.03.